The van der Waals surface area contributed by atoms with Gasteiger partial charge < -0.3 is 55.4 Å². The van der Waals surface area contributed by atoms with Crippen molar-refractivity contribution in [1.29, 1.82) is 0 Å². The number of hydrogen-bond donors (Lipinski definition) is 6. The largest absolute Gasteiger partial charge is 0.444 e. The van der Waals surface area contributed by atoms with Gasteiger partial charge in [-0.2, -0.15) is 19.2 Å². The Kier molecular flexibility index (Phi) is 19.0. The number of aliphatic hydroxyl groups excluding tert-OH is 2. The maximum atomic E-state index is 14.0. The summed E-state index contributed by atoms with van der Waals surface area (Å²) >= 11 is 12.5. The number of aromatic nitrogens is 6. The molecule has 0 radical (unpaired) electrons. The van der Waals surface area contributed by atoms with Crippen LogP contribution in [-0.2, 0) is 24.8 Å². The lowest BCUT2D eigenvalue weighted by Crippen LogP contribution is -2.60. The number of nitrogens with two attached hydrogens (primary N) is 1. The monoisotopic (exact) mass is 1300 g/mol. The number of anilines is 6. The number of halogens is 3. The van der Waals surface area contributed by atoms with Crippen LogP contribution in [-0.4, -0.2) is 192 Å². The van der Waals surface area contributed by atoms with Crippen molar-refractivity contribution in [3.63, 3.8) is 0 Å². The van der Waals surface area contributed by atoms with Gasteiger partial charge >= 0.3 is 6.09 Å². The summed E-state index contributed by atoms with van der Waals surface area (Å²) in [7, 11) is -7.25. The van der Waals surface area contributed by atoms with E-state index in [9.17, 15) is 41.4 Å². The second kappa shape index (κ2) is 25.4. The van der Waals surface area contributed by atoms with Crippen molar-refractivity contribution in [2.75, 3.05) is 107 Å². The standard InChI is InChI=1S/C30H39ClN8O6S.C25H31ClN8O4S.CH4.ClH/c1-30(2,3)45-29(42)32-19-14-37(15-19)27-13-25(36-16-20(40)17-36)33-26-12-23(34-39(26)27)24-7-5-6-10-38(24)28(41)21-11-18(31)8-9-22(21)35-46(4,43)44;1-39(37,38)30-19-6-5-15(26)8-18(19)25(36)33-7-3-2-4-21(33)20-9-23-28-22(31-13-17(35)14-31)10-24(34(23)29-20)32-11-16(27)12-32;;/h8-9,11-13,19-20,24,35,40H,5-7,10,14-17H2,1-4H3,(H,32,42);5-6,8-10,16-17,21,30,35H,2-4,7,11-14,27H2,1H3;1H4;1H/t24-;21-;;/m00../s1. The van der Waals surface area contributed by atoms with Crippen LogP contribution < -0.4 is 40.1 Å². The first-order valence-electron chi connectivity index (χ1n) is 28.3. The maximum absolute atomic E-state index is 14.0. The first-order chi connectivity index (χ1) is 40.2. The van der Waals surface area contributed by atoms with E-state index in [1.165, 1.54) is 30.3 Å². The lowest BCUT2D eigenvalue weighted by Gasteiger charge is -2.42. The van der Waals surface area contributed by atoms with Crippen LogP contribution in [0, 0.1) is 0 Å². The van der Waals surface area contributed by atoms with Crippen LogP contribution in [0.2, 0.25) is 10.0 Å². The van der Waals surface area contributed by atoms with Crippen molar-refractivity contribution in [2.24, 2.45) is 5.73 Å². The SMILES string of the molecule is C.CC(C)(C)OC(=O)NC1CN(c2cc(N3CC(O)C3)nc3cc([C@@H]4CCCCN4C(=O)c4cc(Cl)ccc4NS(C)(=O)=O)nn23)C1.CS(=O)(=O)Nc1ccc(Cl)cc1C(=O)N1CCCC[C@H]1c1cc2nc(N3CC(O)C3)cc(N3CC(N)C3)n2n1.Cl. The molecule has 6 aromatic rings. The summed E-state index contributed by atoms with van der Waals surface area (Å²) in [4.78, 5) is 61.6. The molecule has 6 aliphatic heterocycles. The van der Waals surface area contributed by atoms with Gasteiger partial charge in [0, 0.05) is 106 Å². The van der Waals surface area contributed by atoms with Crippen molar-refractivity contribution in [3.05, 3.63) is 93.2 Å². The van der Waals surface area contributed by atoms with Crippen LogP contribution in [0.5, 0.6) is 0 Å². The number of nitrogens with one attached hydrogen (secondary N) is 3. The van der Waals surface area contributed by atoms with Crippen molar-refractivity contribution in [2.45, 2.75) is 109 Å². The molecule has 10 heterocycles. The van der Waals surface area contributed by atoms with Gasteiger partial charge in [-0.05, 0) is 95.7 Å². The van der Waals surface area contributed by atoms with Crippen LogP contribution >= 0.6 is 35.6 Å². The van der Waals surface area contributed by atoms with E-state index >= 15 is 0 Å². The normalized spacial score (nSPS) is 19.6. The number of ether oxygens (including phenoxy) is 1. The zero-order valence-corrected chi connectivity index (χ0v) is 52.1. The van der Waals surface area contributed by atoms with E-state index in [4.69, 9.17) is 53.8 Å². The van der Waals surface area contributed by atoms with Gasteiger partial charge in [0.2, 0.25) is 20.0 Å². The number of piperidine rings is 2. The first-order valence-corrected chi connectivity index (χ1v) is 32.8. The van der Waals surface area contributed by atoms with Crippen molar-refractivity contribution < 1.29 is 46.2 Å². The molecule has 7 N–H and O–H groups in total. The molecule has 31 heteroatoms. The lowest BCUT2D eigenvalue weighted by atomic mass is 9.98. The molecule has 472 valence electrons. The predicted molar refractivity (Wildman–Crippen MR) is 337 cm³/mol. The highest BCUT2D eigenvalue weighted by molar-refractivity contribution is 7.92. The van der Waals surface area contributed by atoms with Crippen molar-refractivity contribution in [3.8, 4) is 0 Å². The Morgan fingerprint density at radius 2 is 1.03 bits per heavy atom. The summed E-state index contributed by atoms with van der Waals surface area (Å²) in [6.07, 6.45) is 5.62. The maximum Gasteiger partial charge on any atom is 0.407 e. The van der Waals surface area contributed by atoms with Gasteiger partial charge in [0.1, 0.15) is 28.9 Å². The number of rotatable bonds is 13. The first kappa shape index (κ1) is 64.8. The number of sulfonamides is 2. The minimum atomic E-state index is -3.64. The molecular weight excluding hydrogens is 1230 g/mol. The summed E-state index contributed by atoms with van der Waals surface area (Å²) in [5.41, 5.74) is 8.78. The molecule has 6 saturated heterocycles. The molecule has 87 heavy (non-hydrogen) atoms. The Balaban J connectivity index is 0.000000205. The molecule has 0 unspecified atom stereocenters. The average molecular weight is 1300 g/mol. The number of carbonyl (C=O) groups is 3. The number of likely N-dealkylation sites (tertiary alicyclic amines) is 2. The average Bonchev–Trinajstić information content (AvgIpc) is 1.74. The van der Waals surface area contributed by atoms with Gasteiger partial charge in [-0.25, -0.2) is 31.6 Å². The van der Waals surface area contributed by atoms with Crippen LogP contribution in [0.25, 0.3) is 11.3 Å². The number of aliphatic hydroxyl groups is 2. The highest BCUT2D eigenvalue weighted by Crippen LogP contribution is 2.39. The van der Waals surface area contributed by atoms with Gasteiger partial charge in [0.15, 0.2) is 11.3 Å². The summed E-state index contributed by atoms with van der Waals surface area (Å²) in [5.74, 6) is 2.45. The molecular formula is C56H75Cl3N16O10S2. The second-order valence-electron chi connectivity index (χ2n) is 23.8. The zero-order chi connectivity index (χ0) is 60.4. The fraction of sp³-hybridized carbons (Fsp3) is 0.518. The molecule has 6 fully saturated rings. The number of β-amino-alcohol motifs (C(OH)–C–C–N with tert-alkyl or cyclic N) is 2. The molecule has 0 aliphatic carbocycles. The molecule has 0 bridgehead atoms. The lowest BCUT2D eigenvalue weighted by molar-refractivity contribution is 0.0494. The van der Waals surface area contributed by atoms with Gasteiger partial charge in [-0.15, -0.1) is 12.4 Å². The third kappa shape index (κ3) is 14.6. The molecule has 3 amide bonds. The van der Waals surface area contributed by atoms with Gasteiger partial charge in [0.25, 0.3) is 11.8 Å². The Morgan fingerprint density at radius 1 is 0.621 bits per heavy atom. The number of hydrogen-bond acceptors (Lipinski definition) is 19. The van der Waals surface area contributed by atoms with Crippen LogP contribution in [0.15, 0.2) is 60.7 Å². The van der Waals surface area contributed by atoms with Gasteiger partial charge in [-0.1, -0.05) is 30.6 Å². The third-order valence-electron chi connectivity index (χ3n) is 15.6. The van der Waals surface area contributed by atoms with Crippen LogP contribution in [0.4, 0.5) is 39.4 Å². The topological polar surface area (TPSA) is 311 Å². The summed E-state index contributed by atoms with van der Waals surface area (Å²) in [5, 5.41) is 33.2. The molecule has 0 saturated carbocycles. The van der Waals surface area contributed by atoms with E-state index in [1.807, 2.05) is 54.8 Å². The van der Waals surface area contributed by atoms with Gasteiger partial charge in [-0.3, -0.25) is 19.0 Å². The van der Waals surface area contributed by atoms with Crippen LogP contribution in [0.3, 0.4) is 0 Å². The second-order valence-corrected chi connectivity index (χ2v) is 28.2. The quantitative estimate of drug-likeness (QED) is 0.0829. The fourth-order valence-corrected chi connectivity index (χ4v) is 13.0. The molecule has 4 aromatic heterocycles. The number of carbonyl (C=O) groups excluding carboxylic acids is 3. The third-order valence-corrected chi connectivity index (χ3v) is 17.2. The van der Waals surface area contributed by atoms with E-state index in [1.54, 1.807) is 24.9 Å². The Hall–Kier alpha value is -6.66. The fourth-order valence-electron chi connectivity index (χ4n) is 11.5. The number of alkyl carbamates (subject to hydrolysis) is 1. The predicted octanol–water partition coefficient (Wildman–Crippen LogP) is 5.52. The highest BCUT2D eigenvalue weighted by atomic mass is 35.5. The molecule has 2 aromatic carbocycles. The van der Waals surface area contributed by atoms with E-state index in [0.717, 1.165) is 55.6 Å². The van der Waals surface area contributed by atoms with Gasteiger partial charge in [0.05, 0.1) is 76.7 Å². The molecule has 2 atom stereocenters. The minimum Gasteiger partial charge on any atom is -0.444 e. The highest BCUT2D eigenvalue weighted by Gasteiger charge is 2.38. The molecule has 6 aliphatic rings. The number of fused-ring (bicyclic) bond motifs is 2. The Bertz CT molecular complexity index is 3790. The number of benzene rings is 2. The molecule has 12 rings (SSSR count). The van der Waals surface area contributed by atoms with E-state index in [0.29, 0.717) is 117 Å². The molecule has 0 spiro atoms. The number of amides is 3. The molecule has 26 nitrogen and oxygen atoms in total. The van der Waals surface area contributed by atoms with E-state index < -0.39 is 37.8 Å². The van der Waals surface area contributed by atoms with E-state index in [-0.39, 0.29) is 84.4 Å². The Labute approximate surface area is 521 Å². The summed E-state index contributed by atoms with van der Waals surface area (Å²) in [6, 6.07) is 16.0. The number of nitrogens with zero attached hydrogens (tertiary/aromatic N) is 12. The smallest absolute Gasteiger partial charge is 0.407 e. The van der Waals surface area contributed by atoms with E-state index in [2.05, 4.69) is 24.6 Å². The zero-order valence-electron chi connectivity index (χ0n) is 48.1. The Morgan fingerprint density at radius 3 is 1.41 bits per heavy atom. The van der Waals surface area contributed by atoms with Crippen molar-refractivity contribution in [1.82, 2.24) is 44.3 Å². The van der Waals surface area contributed by atoms with Crippen LogP contribution in [0.1, 0.15) is 111 Å². The summed E-state index contributed by atoms with van der Waals surface area (Å²) < 4.78 is 61.9. The minimum absolute atomic E-state index is 0. The van der Waals surface area contributed by atoms with Crippen molar-refractivity contribution >= 4 is 120 Å². The summed E-state index contributed by atoms with van der Waals surface area (Å²) in [6.45, 7) is 10.9.